The third-order valence-electron chi connectivity index (χ3n) is 3.24. The van der Waals surface area contributed by atoms with Crippen LogP contribution in [0.15, 0.2) is 18.2 Å². The lowest BCUT2D eigenvalue weighted by Crippen LogP contribution is -2.03. The molecule has 0 bridgehead atoms. The summed E-state index contributed by atoms with van der Waals surface area (Å²) in [5.41, 5.74) is 6.24. The molecule has 0 radical (unpaired) electrons. The van der Waals surface area contributed by atoms with Crippen molar-refractivity contribution in [1.29, 1.82) is 0 Å². The van der Waals surface area contributed by atoms with Gasteiger partial charge in [0.1, 0.15) is 0 Å². The van der Waals surface area contributed by atoms with Crippen molar-refractivity contribution in [3.63, 3.8) is 0 Å². The molecule has 0 heteroatoms. The quantitative estimate of drug-likeness (QED) is 0.561. The van der Waals surface area contributed by atoms with Gasteiger partial charge >= 0.3 is 0 Å². The van der Waals surface area contributed by atoms with Gasteiger partial charge in [0.15, 0.2) is 0 Å². The van der Waals surface area contributed by atoms with Gasteiger partial charge in [-0.25, -0.2) is 0 Å². The second-order valence-corrected chi connectivity index (χ2v) is 4.13. The van der Waals surface area contributed by atoms with Gasteiger partial charge in [-0.15, -0.1) is 0 Å². The van der Waals surface area contributed by atoms with Crippen LogP contribution in [0.2, 0.25) is 0 Å². The Kier molecular flexibility index (Phi) is 1.55. The van der Waals surface area contributed by atoms with E-state index in [1.807, 2.05) is 0 Å². The lowest BCUT2D eigenvalue weighted by molar-refractivity contribution is 0.684. The Morgan fingerprint density at radius 2 is 1.62 bits per heavy atom. The molecule has 1 aromatic rings. The predicted octanol–water partition coefficient (Wildman–Crippen LogP) is 3.13. The van der Waals surface area contributed by atoms with Gasteiger partial charge in [-0.1, -0.05) is 24.3 Å². The van der Waals surface area contributed by atoms with Crippen LogP contribution in [0, 0.1) is 0 Å². The predicted molar refractivity (Wildman–Crippen MR) is 55.8 cm³/mol. The van der Waals surface area contributed by atoms with Crippen LogP contribution in [-0.2, 0) is 19.3 Å². The third-order valence-corrected chi connectivity index (χ3v) is 3.24. The van der Waals surface area contributed by atoms with E-state index in [0.29, 0.717) is 0 Å². The van der Waals surface area contributed by atoms with Crippen molar-refractivity contribution in [2.24, 2.45) is 0 Å². The minimum Gasteiger partial charge on any atom is -0.0795 e. The molecule has 66 valence electrons. The number of fused-ring (bicyclic) bond motifs is 2. The zero-order valence-corrected chi connectivity index (χ0v) is 7.84. The number of benzene rings is 1. The molecule has 13 heavy (non-hydrogen) atoms. The van der Waals surface area contributed by atoms with E-state index < -0.39 is 0 Å². The number of rotatable bonds is 0. The topological polar surface area (TPSA) is 0 Å². The van der Waals surface area contributed by atoms with Gasteiger partial charge in [-0.2, -0.15) is 0 Å². The van der Waals surface area contributed by atoms with E-state index in [-0.39, 0.29) is 0 Å². The van der Waals surface area contributed by atoms with Crippen molar-refractivity contribution in [3.05, 3.63) is 40.5 Å². The Bertz CT molecular complexity index is 372. The van der Waals surface area contributed by atoms with E-state index in [1.54, 1.807) is 16.7 Å². The van der Waals surface area contributed by atoms with Gasteiger partial charge in [-0.3, -0.25) is 0 Å². The fourth-order valence-electron chi connectivity index (χ4n) is 2.50. The van der Waals surface area contributed by atoms with Crippen LogP contribution in [0.3, 0.4) is 0 Å². The van der Waals surface area contributed by atoms with Gasteiger partial charge in [0.2, 0.25) is 0 Å². The summed E-state index contributed by atoms with van der Waals surface area (Å²) in [6.07, 6.45) is 11.1. The highest BCUT2D eigenvalue weighted by Crippen LogP contribution is 2.28. The first kappa shape index (κ1) is 7.37. The molecule has 3 rings (SSSR count). The van der Waals surface area contributed by atoms with Crippen molar-refractivity contribution in [1.82, 2.24) is 0 Å². The minimum atomic E-state index is 1.16. The van der Waals surface area contributed by atoms with E-state index in [1.165, 1.54) is 31.2 Å². The highest BCUT2D eigenvalue weighted by Gasteiger charge is 2.13. The second-order valence-electron chi connectivity index (χ2n) is 4.13. The normalized spacial score (nSPS) is 18.5. The number of allylic oxidation sites excluding steroid dienone is 1. The highest BCUT2D eigenvalue weighted by molar-refractivity contribution is 5.62. The fraction of sp³-hybridized carbons (Fsp3) is 0.385. The van der Waals surface area contributed by atoms with Crippen molar-refractivity contribution in [2.75, 3.05) is 0 Å². The summed E-state index contributed by atoms with van der Waals surface area (Å²) in [7, 11) is 0. The Labute approximate surface area is 79.3 Å². The number of hydrogen-bond acceptors (Lipinski definition) is 0. The summed E-state index contributed by atoms with van der Waals surface area (Å²) in [5.74, 6) is 0. The Balaban J connectivity index is 2.15. The maximum atomic E-state index is 2.43. The molecule has 0 aliphatic heterocycles. The maximum Gasteiger partial charge on any atom is -0.00881 e. The highest BCUT2D eigenvalue weighted by atomic mass is 14.2. The van der Waals surface area contributed by atoms with Crippen LogP contribution in [-0.4, -0.2) is 0 Å². The van der Waals surface area contributed by atoms with Crippen LogP contribution in [0.1, 0.15) is 35.1 Å². The summed E-state index contributed by atoms with van der Waals surface area (Å²) in [5, 5.41) is 0. The first-order valence-electron chi connectivity index (χ1n) is 5.25. The molecule has 0 aromatic heterocycles. The monoisotopic (exact) mass is 170 g/mol. The number of aryl methyl sites for hydroxylation is 2. The smallest absolute Gasteiger partial charge is 0.00881 e. The molecule has 1 aromatic carbocycles. The molecule has 0 atom stereocenters. The standard InChI is InChI=1S/C13H14/c1-2-5-11-9-13-7-3-6-12(13)8-10(11)4-1/h3,6,8-9H,1-2,4-5,7H2. The Morgan fingerprint density at radius 1 is 0.846 bits per heavy atom. The average molecular weight is 170 g/mol. The summed E-state index contributed by atoms with van der Waals surface area (Å²) >= 11 is 0. The second kappa shape index (κ2) is 2.73. The maximum absolute atomic E-state index is 2.43. The molecular formula is C13H14. The molecule has 0 spiro atoms. The van der Waals surface area contributed by atoms with Crippen LogP contribution >= 0.6 is 0 Å². The van der Waals surface area contributed by atoms with E-state index in [9.17, 15) is 0 Å². The molecular weight excluding hydrogens is 156 g/mol. The molecule has 2 aliphatic rings. The van der Waals surface area contributed by atoms with Crippen molar-refractivity contribution >= 4 is 6.08 Å². The SMILES string of the molecule is C1=Cc2cc3c(cc2C1)CCCC3. The molecule has 0 fully saturated rings. The van der Waals surface area contributed by atoms with Gasteiger partial charge in [0.05, 0.1) is 0 Å². The first-order chi connectivity index (χ1) is 6.43. The fourth-order valence-corrected chi connectivity index (χ4v) is 2.50. The van der Waals surface area contributed by atoms with E-state index in [0.717, 1.165) is 6.42 Å². The van der Waals surface area contributed by atoms with Gasteiger partial charge in [0.25, 0.3) is 0 Å². The zero-order valence-electron chi connectivity index (χ0n) is 7.84. The molecule has 0 heterocycles. The molecule has 0 N–H and O–H groups in total. The lowest BCUT2D eigenvalue weighted by Gasteiger charge is -2.17. The van der Waals surface area contributed by atoms with Crippen molar-refractivity contribution in [2.45, 2.75) is 32.1 Å². The summed E-state index contributed by atoms with van der Waals surface area (Å²) < 4.78 is 0. The molecule has 2 aliphatic carbocycles. The van der Waals surface area contributed by atoms with Crippen LogP contribution in [0.25, 0.3) is 6.08 Å². The summed E-state index contributed by atoms with van der Waals surface area (Å²) in [6, 6.07) is 4.84. The molecule has 0 unspecified atom stereocenters. The van der Waals surface area contributed by atoms with E-state index >= 15 is 0 Å². The molecule has 0 amide bonds. The lowest BCUT2D eigenvalue weighted by atomic mass is 9.89. The van der Waals surface area contributed by atoms with E-state index in [4.69, 9.17) is 0 Å². The Hall–Kier alpha value is -1.04. The molecule has 0 saturated carbocycles. The molecule has 0 saturated heterocycles. The van der Waals surface area contributed by atoms with Gasteiger partial charge < -0.3 is 0 Å². The summed E-state index contributed by atoms with van der Waals surface area (Å²) in [6.45, 7) is 0. The number of hydrogen-bond donors (Lipinski definition) is 0. The first-order valence-corrected chi connectivity index (χ1v) is 5.25. The van der Waals surface area contributed by atoms with Crippen molar-refractivity contribution in [3.8, 4) is 0 Å². The van der Waals surface area contributed by atoms with Gasteiger partial charge in [-0.05, 0) is 54.4 Å². The van der Waals surface area contributed by atoms with Crippen molar-refractivity contribution < 1.29 is 0 Å². The minimum absolute atomic E-state index is 1.16. The van der Waals surface area contributed by atoms with E-state index in [2.05, 4.69) is 24.3 Å². The van der Waals surface area contributed by atoms with Crippen LogP contribution in [0.5, 0.6) is 0 Å². The van der Waals surface area contributed by atoms with Gasteiger partial charge in [0, 0.05) is 0 Å². The summed E-state index contributed by atoms with van der Waals surface area (Å²) in [4.78, 5) is 0. The zero-order chi connectivity index (χ0) is 8.67. The van der Waals surface area contributed by atoms with Crippen LogP contribution < -0.4 is 0 Å². The Morgan fingerprint density at radius 3 is 2.46 bits per heavy atom. The van der Waals surface area contributed by atoms with Crippen LogP contribution in [0.4, 0.5) is 0 Å². The third kappa shape index (κ3) is 1.13. The molecule has 0 nitrogen and oxygen atoms in total. The largest absolute Gasteiger partial charge is 0.0795 e. The average Bonchev–Trinajstić information content (AvgIpc) is 2.61.